The zero-order valence-electron chi connectivity index (χ0n) is 15.5. The van der Waals surface area contributed by atoms with E-state index >= 15 is 0 Å². The molecule has 136 valence electrons. The summed E-state index contributed by atoms with van der Waals surface area (Å²) in [4.78, 5) is 5.26. The van der Waals surface area contributed by atoms with Crippen LogP contribution in [0.3, 0.4) is 0 Å². The minimum absolute atomic E-state index is 0.438. The average Bonchev–Trinajstić information content (AvgIpc) is 3.35. The summed E-state index contributed by atoms with van der Waals surface area (Å²) in [6, 6.07) is 16.3. The third-order valence-corrected chi connectivity index (χ3v) is 6.50. The standard InChI is InChI=1S/C22H26N2O2/c1-25-16-7-5-15(6-8-16)23-13-11-18-20-4-3-12-24(20)21-10-9-17(26-2)14-19(21)22(18)23/h5-10,14,18,20,22H,3-4,11-13H2,1-2H3/t18-,20?,22-/m0/s1. The van der Waals surface area contributed by atoms with Crippen LogP contribution in [-0.2, 0) is 0 Å². The highest BCUT2D eigenvalue weighted by Crippen LogP contribution is 2.53. The molecule has 0 spiro atoms. The Morgan fingerprint density at radius 3 is 2.38 bits per heavy atom. The third-order valence-electron chi connectivity index (χ3n) is 6.50. The quantitative estimate of drug-likeness (QED) is 0.826. The first-order chi connectivity index (χ1) is 12.8. The van der Waals surface area contributed by atoms with Crippen LogP contribution in [0, 0.1) is 5.92 Å². The van der Waals surface area contributed by atoms with Gasteiger partial charge in [-0.1, -0.05) is 0 Å². The maximum Gasteiger partial charge on any atom is 0.119 e. The van der Waals surface area contributed by atoms with Crippen LogP contribution in [-0.4, -0.2) is 33.4 Å². The summed E-state index contributed by atoms with van der Waals surface area (Å²) >= 11 is 0. The van der Waals surface area contributed by atoms with Gasteiger partial charge in [-0.05, 0) is 61.7 Å². The van der Waals surface area contributed by atoms with E-state index in [0.29, 0.717) is 18.0 Å². The summed E-state index contributed by atoms with van der Waals surface area (Å²) in [6.45, 7) is 2.30. The molecule has 1 unspecified atom stereocenters. The molecular weight excluding hydrogens is 324 g/mol. The van der Waals surface area contributed by atoms with Crippen molar-refractivity contribution in [2.45, 2.75) is 31.3 Å². The van der Waals surface area contributed by atoms with Crippen LogP contribution in [0.4, 0.5) is 11.4 Å². The number of hydrogen-bond donors (Lipinski definition) is 0. The molecule has 26 heavy (non-hydrogen) atoms. The summed E-state index contributed by atoms with van der Waals surface area (Å²) in [5, 5.41) is 0. The van der Waals surface area contributed by atoms with Crippen LogP contribution in [0.15, 0.2) is 42.5 Å². The van der Waals surface area contributed by atoms with Crippen molar-refractivity contribution in [2.75, 3.05) is 37.1 Å². The molecule has 0 aromatic heterocycles. The van der Waals surface area contributed by atoms with E-state index in [4.69, 9.17) is 9.47 Å². The molecule has 2 aromatic rings. The molecule has 3 aliphatic rings. The van der Waals surface area contributed by atoms with Gasteiger partial charge in [-0.25, -0.2) is 0 Å². The molecule has 0 radical (unpaired) electrons. The average molecular weight is 350 g/mol. The number of anilines is 2. The fourth-order valence-corrected chi connectivity index (χ4v) is 5.38. The second-order valence-corrected chi connectivity index (χ2v) is 7.62. The van der Waals surface area contributed by atoms with Gasteiger partial charge in [0.1, 0.15) is 11.5 Å². The van der Waals surface area contributed by atoms with Gasteiger partial charge in [0.05, 0.1) is 20.3 Å². The molecule has 4 heteroatoms. The lowest BCUT2D eigenvalue weighted by atomic mass is 9.81. The Morgan fingerprint density at radius 2 is 1.62 bits per heavy atom. The largest absolute Gasteiger partial charge is 0.497 e. The molecule has 0 amide bonds. The van der Waals surface area contributed by atoms with Gasteiger partial charge in [0.15, 0.2) is 0 Å². The van der Waals surface area contributed by atoms with Crippen molar-refractivity contribution in [3.8, 4) is 11.5 Å². The first kappa shape index (κ1) is 15.9. The lowest BCUT2D eigenvalue weighted by Crippen LogP contribution is -2.44. The van der Waals surface area contributed by atoms with Gasteiger partial charge in [0.2, 0.25) is 0 Å². The Morgan fingerprint density at radius 1 is 0.846 bits per heavy atom. The zero-order valence-corrected chi connectivity index (χ0v) is 15.5. The molecule has 3 atom stereocenters. The summed E-state index contributed by atoms with van der Waals surface area (Å²) < 4.78 is 10.9. The molecule has 0 saturated carbocycles. The van der Waals surface area contributed by atoms with Gasteiger partial charge in [-0.15, -0.1) is 0 Å². The van der Waals surface area contributed by atoms with Crippen LogP contribution in [0.2, 0.25) is 0 Å². The number of ether oxygens (including phenoxy) is 2. The molecule has 0 aliphatic carbocycles. The highest BCUT2D eigenvalue weighted by atomic mass is 16.5. The molecule has 2 aromatic carbocycles. The van der Waals surface area contributed by atoms with Gasteiger partial charge in [-0.3, -0.25) is 0 Å². The fourth-order valence-electron chi connectivity index (χ4n) is 5.38. The zero-order chi connectivity index (χ0) is 17.7. The van der Waals surface area contributed by atoms with Crippen LogP contribution in [0.5, 0.6) is 11.5 Å². The maximum atomic E-state index is 5.56. The Kier molecular flexibility index (Phi) is 3.73. The first-order valence-electron chi connectivity index (χ1n) is 9.65. The second-order valence-electron chi connectivity index (χ2n) is 7.62. The predicted molar refractivity (Wildman–Crippen MR) is 105 cm³/mol. The number of hydrogen-bond acceptors (Lipinski definition) is 4. The van der Waals surface area contributed by atoms with Crippen molar-refractivity contribution in [1.29, 1.82) is 0 Å². The molecule has 0 N–H and O–H groups in total. The van der Waals surface area contributed by atoms with Crippen LogP contribution < -0.4 is 19.3 Å². The summed E-state index contributed by atoms with van der Waals surface area (Å²) in [6.07, 6.45) is 3.89. The molecule has 3 heterocycles. The summed E-state index contributed by atoms with van der Waals surface area (Å²) in [5.74, 6) is 2.57. The van der Waals surface area contributed by atoms with Gasteiger partial charge < -0.3 is 19.3 Å². The van der Waals surface area contributed by atoms with Crippen molar-refractivity contribution < 1.29 is 9.47 Å². The van der Waals surface area contributed by atoms with E-state index in [0.717, 1.165) is 18.0 Å². The Labute approximate surface area is 155 Å². The Balaban J connectivity index is 1.59. The maximum absolute atomic E-state index is 5.56. The predicted octanol–water partition coefficient (Wildman–Crippen LogP) is 4.25. The molecule has 3 aliphatic heterocycles. The lowest BCUT2D eigenvalue weighted by Gasteiger charge is -2.44. The molecule has 0 bridgehead atoms. The fraction of sp³-hybridized carbons (Fsp3) is 0.455. The van der Waals surface area contributed by atoms with Gasteiger partial charge in [0, 0.05) is 42.0 Å². The van der Waals surface area contributed by atoms with Crippen LogP contribution in [0.25, 0.3) is 0 Å². The highest BCUT2D eigenvalue weighted by Gasteiger charge is 2.48. The van der Waals surface area contributed by atoms with Crippen molar-refractivity contribution in [3.63, 3.8) is 0 Å². The van der Waals surface area contributed by atoms with Gasteiger partial charge in [-0.2, -0.15) is 0 Å². The van der Waals surface area contributed by atoms with Crippen molar-refractivity contribution >= 4 is 11.4 Å². The van der Waals surface area contributed by atoms with E-state index in [1.54, 1.807) is 14.2 Å². The Bertz CT molecular complexity index is 804. The smallest absolute Gasteiger partial charge is 0.119 e. The minimum Gasteiger partial charge on any atom is -0.497 e. The lowest BCUT2D eigenvalue weighted by molar-refractivity contribution is 0.370. The molecule has 2 saturated heterocycles. The number of nitrogens with zero attached hydrogens (tertiary/aromatic N) is 2. The minimum atomic E-state index is 0.438. The van der Waals surface area contributed by atoms with E-state index in [1.807, 2.05) is 0 Å². The number of methoxy groups -OCH3 is 2. The third kappa shape index (κ3) is 2.28. The van der Waals surface area contributed by atoms with Crippen LogP contribution in [0.1, 0.15) is 30.9 Å². The molecular formula is C22H26N2O2. The normalized spacial score (nSPS) is 26.3. The number of fused-ring (bicyclic) bond motifs is 6. The van der Waals surface area contributed by atoms with E-state index < -0.39 is 0 Å². The second kappa shape index (κ2) is 6.11. The van der Waals surface area contributed by atoms with Crippen molar-refractivity contribution in [2.24, 2.45) is 5.92 Å². The van der Waals surface area contributed by atoms with Gasteiger partial charge >= 0.3 is 0 Å². The molecule has 5 rings (SSSR count). The summed E-state index contributed by atoms with van der Waals surface area (Å²) in [7, 11) is 3.48. The highest BCUT2D eigenvalue weighted by molar-refractivity contribution is 5.65. The molecule has 2 fully saturated rings. The van der Waals surface area contributed by atoms with E-state index in [9.17, 15) is 0 Å². The molecule has 4 nitrogen and oxygen atoms in total. The van der Waals surface area contributed by atoms with E-state index in [-0.39, 0.29) is 0 Å². The number of rotatable bonds is 3. The SMILES string of the molecule is COc1ccc(N2CC[C@H]3C4CCCN4c4ccc(OC)cc4[C@H]32)cc1. The van der Waals surface area contributed by atoms with Crippen LogP contribution >= 0.6 is 0 Å². The van der Waals surface area contributed by atoms with Crippen molar-refractivity contribution in [3.05, 3.63) is 48.0 Å². The van der Waals surface area contributed by atoms with E-state index in [1.165, 1.54) is 42.7 Å². The monoisotopic (exact) mass is 350 g/mol. The topological polar surface area (TPSA) is 24.9 Å². The van der Waals surface area contributed by atoms with Gasteiger partial charge in [0.25, 0.3) is 0 Å². The van der Waals surface area contributed by atoms with Crippen molar-refractivity contribution in [1.82, 2.24) is 0 Å². The summed E-state index contributed by atoms with van der Waals surface area (Å²) in [5.41, 5.74) is 4.13. The van der Waals surface area contributed by atoms with E-state index in [2.05, 4.69) is 52.3 Å². The first-order valence-corrected chi connectivity index (χ1v) is 9.65. The Hall–Kier alpha value is -2.36. The number of benzene rings is 2.